The molecule has 2 unspecified atom stereocenters. The number of amides is 1. The number of carbonyl (C=O) groups is 1. The van der Waals surface area contributed by atoms with E-state index in [-0.39, 0.29) is 18.9 Å². The van der Waals surface area contributed by atoms with Crippen molar-refractivity contribution in [3.8, 4) is 0 Å². The lowest BCUT2D eigenvalue weighted by Gasteiger charge is -2.28. The molecular weight excluding hydrogens is 195 g/mol. The molecule has 1 rings (SSSR count). The van der Waals surface area contributed by atoms with Crippen LogP contribution in [-0.2, 0) is 4.79 Å². The molecule has 0 aliphatic carbocycles. The smallest absolute Gasteiger partial charge is 0.355 e. The summed E-state index contributed by atoms with van der Waals surface area (Å²) in [5.74, 6) is -2.17. The van der Waals surface area contributed by atoms with Gasteiger partial charge in [-0.05, 0) is 6.42 Å². The van der Waals surface area contributed by atoms with Crippen LogP contribution in [0.25, 0.3) is 0 Å². The van der Waals surface area contributed by atoms with Gasteiger partial charge in [-0.1, -0.05) is 20.8 Å². The SMILES string of the molecule is CC.CC1CC(C(F)(F)F)CNC1=O. The average Bonchev–Trinajstić information content (AvgIpc) is 2.11. The zero-order valence-electron chi connectivity index (χ0n) is 8.61. The molecule has 0 aromatic carbocycles. The lowest BCUT2D eigenvalue weighted by Crippen LogP contribution is -2.45. The second kappa shape index (κ2) is 5.22. The topological polar surface area (TPSA) is 29.1 Å². The molecule has 84 valence electrons. The number of nitrogens with one attached hydrogen (secondary N) is 1. The number of piperidine rings is 1. The van der Waals surface area contributed by atoms with E-state index in [1.54, 1.807) is 0 Å². The van der Waals surface area contributed by atoms with Crippen molar-refractivity contribution in [2.24, 2.45) is 11.8 Å². The maximum Gasteiger partial charge on any atom is 0.393 e. The van der Waals surface area contributed by atoms with Crippen LogP contribution < -0.4 is 5.32 Å². The van der Waals surface area contributed by atoms with Gasteiger partial charge in [0.2, 0.25) is 5.91 Å². The zero-order chi connectivity index (χ0) is 11.4. The van der Waals surface area contributed by atoms with Crippen molar-refractivity contribution in [1.29, 1.82) is 0 Å². The molecular formula is C9H16F3NO. The molecule has 1 heterocycles. The van der Waals surface area contributed by atoms with E-state index in [0.717, 1.165) is 0 Å². The second-order valence-electron chi connectivity index (χ2n) is 3.12. The summed E-state index contributed by atoms with van der Waals surface area (Å²) in [4.78, 5) is 10.8. The number of halogens is 3. The van der Waals surface area contributed by atoms with Crippen LogP contribution in [0.1, 0.15) is 27.2 Å². The summed E-state index contributed by atoms with van der Waals surface area (Å²) in [6, 6.07) is 0. The van der Waals surface area contributed by atoms with Crippen LogP contribution in [0.5, 0.6) is 0 Å². The van der Waals surface area contributed by atoms with Crippen LogP contribution in [0.3, 0.4) is 0 Å². The summed E-state index contributed by atoms with van der Waals surface area (Å²) in [5, 5.41) is 2.23. The lowest BCUT2D eigenvalue weighted by atomic mass is 9.91. The van der Waals surface area contributed by atoms with E-state index in [1.807, 2.05) is 13.8 Å². The minimum atomic E-state index is -4.18. The molecule has 0 saturated carbocycles. The predicted octanol–water partition coefficient (Wildman–Crippen LogP) is 2.35. The monoisotopic (exact) mass is 211 g/mol. The summed E-state index contributed by atoms with van der Waals surface area (Å²) < 4.78 is 36.3. The Labute approximate surface area is 81.9 Å². The molecule has 2 atom stereocenters. The van der Waals surface area contributed by atoms with Crippen LogP contribution in [0.2, 0.25) is 0 Å². The van der Waals surface area contributed by atoms with Crippen LogP contribution in [0.4, 0.5) is 13.2 Å². The maximum absolute atomic E-state index is 12.1. The highest BCUT2D eigenvalue weighted by Crippen LogP contribution is 2.32. The van der Waals surface area contributed by atoms with Crippen molar-refractivity contribution < 1.29 is 18.0 Å². The average molecular weight is 211 g/mol. The molecule has 2 nitrogen and oxygen atoms in total. The molecule has 0 aromatic heterocycles. The Bertz CT molecular complexity index is 191. The lowest BCUT2D eigenvalue weighted by molar-refractivity contribution is -0.183. The molecule has 1 saturated heterocycles. The molecule has 1 aliphatic heterocycles. The van der Waals surface area contributed by atoms with E-state index >= 15 is 0 Å². The fourth-order valence-electron chi connectivity index (χ4n) is 1.26. The van der Waals surface area contributed by atoms with Crippen LogP contribution >= 0.6 is 0 Å². The first kappa shape index (κ1) is 13.3. The van der Waals surface area contributed by atoms with E-state index in [1.165, 1.54) is 6.92 Å². The molecule has 5 heteroatoms. The first-order valence-electron chi connectivity index (χ1n) is 4.75. The third-order valence-corrected chi connectivity index (χ3v) is 2.07. The fourth-order valence-corrected chi connectivity index (χ4v) is 1.26. The van der Waals surface area contributed by atoms with Crippen molar-refractivity contribution in [3.05, 3.63) is 0 Å². The molecule has 1 amide bonds. The third kappa shape index (κ3) is 3.55. The molecule has 0 radical (unpaired) electrons. The summed E-state index contributed by atoms with van der Waals surface area (Å²) in [6.07, 6.45) is -4.27. The Hall–Kier alpha value is -0.740. The fraction of sp³-hybridized carbons (Fsp3) is 0.889. The minimum Gasteiger partial charge on any atom is -0.355 e. The van der Waals surface area contributed by atoms with Crippen molar-refractivity contribution in [2.75, 3.05) is 6.54 Å². The van der Waals surface area contributed by atoms with Gasteiger partial charge >= 0.3 is 6.18 Å². The number of hydrogen-bond donors (Lipinski definition) is 1. The number of alkyl halides is 3. The van der Waals surface area contributed by atoms with Gasteiger partial charge in [-0.3, -0.25) is 4.79 Å². The van der Waals surface area contributed by atoms with E-state index in [2.05, 4.69) is 5.32 Å². The highest BCUT2D eigenvalue weighted by Gasteiger charge is 2.43. The first-order valence-corrected chi connectivity index (χ1v) is 4.75. The number of hydrogen-bond acceptors (Lipinski definition) is 1. The number of carbonyl (C=O) groups excluding carboxylic acids is 1. The summed E-state index contributed by atoms with van der Waals surface area (Å²) >= 11 is 0. The Balaban J connectivity index is 0.000000791. The van der Waals surface area contributed by atoms with Gasteiger partial charge in [0.05, 0.1) is 5.92 Å². The highest BCUT2D eigenvalue weighted by molar-refractivity contribution is 5.79. The molecule has 0 bridgehead atoms. The predicted molar refractivity (Wildman–Crippen MR) is 47.7 cm³/mol. The van der Waals surface area contributed by atoms with Gasteiger partial charge in [0.25, 0.3) is 0 Å². The van der Waals surface area contributed by atoms with Crippen LogP contribution in [0, 0.1) is 11.8 Å². The van der Waals surface area contributed by atoms with Crippen LogP contribution in [0.15, 0.2) is 0 Å². The van der Waals surface area contributed by atoms with Gasteiger partial charge in [0, 0.05) is 12.5 Å². The van der Waals surface area contributed by atoms with Crippen molar-refractivity contribution in [1.82, 2.24) is 5.32 Å². The van der Waals surface area contributed by atoms with E-state index in [4.69, 9.17) is 0 Å². The van der Waals surface area contributed by atoms with E-state index < -0.39 is 18.0 Å². The van der Waals surface area contributed by atoms with Crippen molar-refractivity contribution in [2.45, 2.75) is 33.4 Å². The molecule has 1 fully saturated rings. The molecule has 1 aliphatic rings. The Kier molecular flexibility index (Phi) is 4.94. The van der Waals surface area contributed by atoms with Crippen molar-refractivity contribution >= 4 is 5.91 Å². The normalized spacial score (nSPS) is 27.4. The van der Waals surface area contributed by atoms with E-state index in [0.29, 0.717) is 0 Å². The Morgan fingerprint density at radius 3 is 2.21 bits per heavy atom. The Morgan fingerprint density at radius 1 is 1.36 bits per heavy atom. The third-order valence-electron chi connectivity index (χ3n) is 2.07. The zero-order valence-corrected chi connectivity index (χ0v) is 8.61. The van der Waals surface area contributed by atoms with Gasteiger partial charge < -0.3 is 5.32 Å². The first-order chi connectivity index (χ1) is 6.41. The van der Waals surface area contributed by atoms with E-state index in [9.17, 15) is 18.0 Å². The molecule has 0 aromatic rings. The largest absolute Gasteiger partial charge is 0.393 e. The standard InChI is InChI=1S/C7H10F3NO.C2H6/c1-4-2-5(7(8,9)10)3-11-6(4)12;1-2/h4-5H,2-3H2,1H3,(H,11,12);1-2H3. The summed E-state index contributed by atoms with van der Waals surface area (Å²) in [7, 11) is 0. The molecule has 0 spiro atoms. The van der Waals surface area contributed by atoms with Crippen LogP contribution in [-0.4, -0.2) is 18.6 Å². The minimum absolute atomic E-state index is 0.0880. The second-order valence-corrected chi connectivity index (χ2v) is 3.12. The van der Waals surface area contributed by atoms with Crippen molar-refractivity contribution in [3.63, 3.8) is 0 Å². The van der Waals surface area contributed by atoms with Gasteiger partial charge in [0.15, 0.2) is 0 Å². The maximum atomic E-state index is 12.1. The quantitative estimate of drug-likeness (QED) is 0.654. The summed E-state index contributed by atoms with van der Waals surface area (Å²) in [5.41, 5.74) is 0. The van der Waals surface area contributed by atoms with Gasteiger partial charge in [0.1, 0.15) is 0 Å². The number of rotatable bonds is 0. The molecule has 14 heavy (non-hydrogen) atoms. The molecule has 1 N–H and O–H groups in total. The van der Waals surface area contributed by atoms with Gasteiger partial charge in [-0.2, -0.15) is 13.2 Å². The Morgan fingerprint density at radius 2 is 1.86 bits per heavy atom. The van der Waals surface area contributed by atoms with Gasteiger partial charge in [-0.15, -0.1) is 0 Å². The highest BCUT2D eigenvalue weighted by atomic mass is 19.4. The van der Waals surface area contributed by atoms with Gasteiger partial charge in [-0.25, -0.2) is 0 Å². The summed E-state index contributed by atoms with van der Waals surface area (Å²) in [6.45, 7) is 5.24.